The van der Waals surface area contributed by atoms with E-state index in [0.29, 0.717) is 5.82 Å². The maximum Gasteiger partial charge on any atom is 0.159 e. The van der Waals surface area contributed by atoms with Gasteiger partial charge in [0, 0.05) is 22.9 Å². The molecule has 3 rings (SSSR count). The van der Waals surface area contributed by atoms with Crippen LogP contribution in [0.5, 0.6) is 0 Å². The number of thiol groups is 1. The van der Waals surface area contributed by atoms with Gasteiger partial charge < -0.3 is 0 Å². The van der Waals surface area contributed by atoms with Crippen LogP contribution in [-0.4, -0.2) is 9.97 Å². The molecule has 3 aromatic rings. The van der Waals surface area contributed by atoms with E-state index < -0.39 is 0 Å². The van der Waals surface area contributed by atoms with Gasteiger partial charge in [0.15, 0.2) is 5.82 Å². The number of nitrogens with zero attached hydrogens (tertiary/aromatic N) is 2. The summed E-state index contributed by atoms with van der Waals surface area (Å²) in [6.45, 7) is 0. The SMILES string of the molecule is Fc1ccc(-c2ccc(-c3ncc(S)cn3)cc2)cc1. The van der Waals surface area contributed by atoms with Crippen LogP contribution in [0.15, 0.2) is 65.8 Å². The first kappa shape index (κ1) is 12.8. The lowest BCUT2D eigenvalue weighted by atomic mass is 10.0. The van der Waals surface area contributed by atoms with Crippen LogP contribution in [0.3, 0.4) is 0 Å². The van der Waals surface area contributed by atoms with Crippen LogP contribution in [0.4, 0.5) is 4.39 Å². The van der Waals surface area contributed by atoms with Crippen LogP contribution in [0.1, 0.15) is 0 Å². The first-order valence-electron chi connectivity index (χ1n) is 6.10. The number of aromatic nitrogens is 2. The minimum Gasteiger partial charge on any atom is -0.235 e. The largest absolute Gasteiger partial charge is 0.235 e. The molecule has 0 spiro atoms. The lowest BCUT2D eigenvalue weighted by Gasteiger charge is -2.04. The number of rotatable bonds is 2. The standard InChI is InChI=1S/C16H11FN2S/c17-14-7-5-12(6-8-14)11-1-3-13(4-2-11)16-18-9-15(20)10-19-16/h1-10,20H. The quantitative estimate of drug-likeness (QED) is 0.711. The molecule has 0 unspecified atom stereocenters. The Bertz CT molecular complexity index is 642. The molecule has 4 heteroatoms. The van der Waals surface area contributed by atoms with Gasteiger partial charge in [-0.2, -0.15) is 0 Å². The zero-order valence-electron chi connectivity index (χ0n) is 10.5. The fourth-order valence-electron chi connectivity index (χ4n) is 1.92. The molecule has 0 saturated carbocycles. The van der Waals surface area contributed by atoms with Crippen molar-refractivity contribution >= 4 is 12.6 Å². The van der Waals surface area contributed by atoms with Crippen molar-refractivity contribution in [1.82, 2.24) is 9.97 Å². The third kappa shape index (κ3) is 2.70. The summed E-state index contributed by atoms with van der Waals surface area (Å²) in [6, 6.07) is 14.3. The highest BCUT2D eigenvalue weighted by Crippen LogP contribution is 2.23. The lowest BCUT2D eigenvalue weighted by Crippen LogP contribution is -1.88. The normalized spacial score (nSPS) is 10.5. The molecule has 0 aliphatic rings. The predicted octanol–water partition coefficient (Wildman–Crippen LogP) is 4.24. The third-order valence-corrected chi connectivity index (χ3v) is 3.19. The molecule has 2 nitrogen and oxygen atoms in total. The molecular weight excluding hydrogens is 271 g/mol. The summed E-state index contributed by atoms with van der Waals surface area (Å²) in [6.07, 6.45) is 3.33. The number of hydrogen-bond donors (Lipinski definition) is 1. The molecule has 1 aromatic heterocycles. The van der Waals surface area contributed by atoms with E-state index in [1.54, 1.807) is 24.5 Å². The van der Waals surface area contributed by atoms with Gasteiger partial charge in [-0.1, -0.05) is 36.4 Å². The Labute approximate surface area is 121 Å². The maximum absolute atomic E-state index is 12.9. The monoisotopic (exact) mass is 282 g/mol. The number of benzene rings is 2. The summed E-state index contributed by atoms with van der Waals surface area (Å²) in [5.74, 6) is 0.430. The zero-order valence-corrected chi connectivity index (χ0v) is 11.4. The molecule has 0 bridgehead atoms. The van der Waals surface area contributed by atoms with Crippen molar-refractivity contribution in [2.45, 2.75) is 4.90 Å². The topological polar surface area (TPSA) is 25.8 Å². The van der Waals surface area contributed by atoms with E-state index in [9.17, 15) is 4.39 Å². The van der Waals surface area contributed by atoms with E-state index in [1.165, 1.54) is 12.1 Å². The van der Waals surface area contributed by atoms with Crippen molar-refractivity contribution in [1.29, 1.82) is 0 Å². The lowest BCUT2D eigenvalue weighted by molar-refractivity contribution is 0.628. The molecular formula is C16H11FN2S. The van der Waals surface area contributed by atoms with Gasteiger partial charge in [0.2, 0.25) is 0 Å². The predicted molar refractivity (Wildman–Crippen MR) is 80.1 cm³/mol. The van der Waals surface area contributed by atoms with Crippen molar-refractivity contribution in [2.75, 3.05) is 0 Å². The van der Waals surface area contributed by atoms with E-state index in [1.807, 2.05) is 24.3 Å². The molecule has 0 saturated heterocycles. The average Bonchev–Trinajstić information content (AvgIpc) is 2.49. The van der Waals surface area contributed by atoms with E-state index in [4.69, 9.17) is 0 Å². The number of hydrogen-bond acceptors (Lipinski definition) is 3. The van der Waals surface area contributed by atoms with Crippen LogP contribution >= 0.6 is 12.6 Å². The summed E-state index contributed by atoms with van der Waals surface area (Å²) < 4.78 is 12.9. The van der Waals surface area contributed by atoms with E-state index >= 15 is 0 Å². The van der Waals surface area contributed by atoms with Crippen LogP contribution < -0.4 is 0 Å². The van der Waals surface area contributed by atoms with E-state index in [-0.39, 0.29) is 5.82 Å². The maximum atomic E-state index is 12.9. The van der Waals surface area contributed by atoms with E-state index in [2.05, 4.69) is 22.6 Å². The van der Waals surface area contributed by atoms with Crippen molar-refractivity contribution in [2.24, 2.45) is 0 Å². The molecule has 0 radical (unpaired) electrons. The van der Waals surface area contributed by atoms with Gasteiger partial charge in [0.25, 0.3) is 0 Å². The molecule has 0 aliphatic carbocycles. The minimum absolute atomic E-state index is 0.231. The van der Waals surface area contributed by atoms with Gasteiger partial charge in [0.1, 0.15) is 5.82 Å². The van der Waals surface area contributed by atoms with Gasteiger partial charge >= 0.3 is 0 Å². The van der Waals surface area contributed by atoms with Crippen LogP contribution in [-0.2, 0) is 0 Å². The first-order chi connectivity index (χ1) is 9.72. The van der Waals surface area contributed by atoms with Crippen molar-refractivity contribution in [3.8, 4) is 22.5 Å². The molecule has 0 aliphatic heterocycles. The van der Waals surface area contributed by atoms with Gasteiger partial charge in [0.05, 0.1) is 0 Å². The summed E-state index contributed by atoms with van der Waals surface area (Å²) in [7, 11) is 0. The van der Waals surface area contributed by atoms with Gasteiger partial charge in [-0.3, -0.25) is 0 Å². The third-order valence-electron chi connectivity index (χ3n) is 2.96. The second-order valence-corrected chi connectivity index (χ2v) is 4.87. The second-order valence-electron chi connectivity index (χ2n) is 4.35. The zero-order chi connectivity index (χ0) is 13.9. The molecule has 0 atom stereocenters. The Hall–Kier alpha value is -2.20. The number of halogens is 1. The second kappa shape index (κ2) is 5.43. The van der Waals surface area contributed by atoms with Crippen LogP contribution in [0.2, 0.25) is 0 Å². The average molecular weight is 282 g/mol. The Balaban J connectivity index is 1.91. The molecule has 20 heavy (non-hydrogen) atoms. The smallest absolute Gasteiger partial charge is 0.159 e. The summed E-state index contributed by atoms with van der Waals surface area (Å²) in [5, 5.41) is 0. The molecule has 0 N–H and O–H groups in total. The Morgan fingerprint density at radius 3 is 1.70 bits per heavy atom. The van der Waals surface area contributed by atoms with Crippen LogP contribution in [0.25, 0.3) is 22.5 Å². The van der Waals surface area contributed by atoms with Crippen molar-refractivity contribution in [3.05, 3.63) is 66.7 Å². The fourth-order valence-corrected chi connectivity index (χ4v) is 2.04. The minimum atomic E-state index is -0.231. The summed E-state index contributed by atoms with van der Waals surface area (Å²) in [5.41, 5.74) is 2.94. The fraction of sp³-hybridized carbons (Fsp3) is 0. The highest BCUT2D eigenvalue weighted by atomic mass is 32.1. The molecule has 2 aromatic carbocycles. The first-order valence-corrected chi connectivity index (χ1v) is 6.54. The Morgan fingerprint density at radius 1 is 0.700 bits per heavy atom. The summed E-state index contributed by atoms with van der Waals surface area (Å²) in [4.78, 5) is 9.18. The molecule has 1 heterocycles. The van der Waals surface area contributed by atoms with Crippen molar-refractivity contribution in [3.63, 3.8) is 0 Å². The van der Waals surface area contributed by atoms with Crippen molar-refractivity contribution < 1.29 is 4.39 Å². The molecule has 0 fully saturated rings. The van der Waals surface area contributed by atoms with E-state index in [0.717, 1.165) is 21.6 Å². The Morgan fingerprint density at radius 2 is 1.15 bits per heavy atom. The van der Waals surface area contributed by atoms with Gasteiger partial charge in [-0.25, -0.2) is 14.4 Å². The van der Waals surface area contributed by atoms with Gasteiger partial charge in [-0.05, 0) is 23.3 Å². The molecule has 98 valence electrons. The Kier molecular flexibility index (Phi) is 3.48. The molecule has 0 amide bonds. The summed E-state index contributed by atoms with van der Waals surface area (Å²) >= 11 is 4.16. The van der Waals surface area contributed by atoms with Gasteiger partial charge in [-0.15, -0.1) is 12.6 Å². The van der Waals surface area contributed by atoms with Crippen LogP contribution in [0, 0.1) is 5.82 Å². The highest BCUT2D eigenvalue weighted by molar-refractivity contribution is 7.80. The highest BCUT2D eigenvalue weighted by Gasteiger charge is 2.02.